The van der Waals surface area contributed by atoms with E-state index in [9.17, 15) is 18.0 Å². The highest BCUT2D eigenvalue weighted by Crippen LogP contribution is 2.34. The van der Waals surface area contributed by atoms with Gasteiger partial charge in [0.05, 0.1) is 5.69 Å². The Balaban J connectivity index is 1.75. The van der Waals surface area contributed by atoms with Crippen molar-refractivity contribution in [3.63, 3.8) is 0 Å². The number of imidazole rings is 1. The molecule has 1 aromatic carbocycles. The van der Waals surface area contributed by atoms with Gasteiger partial charge in [-0.15, -0.1) is 0 Å². The van der Waals surface area contributed by atoms with Crippen molar-refractivity contribution >= 4 is 11.6 Å². The predicted octanol–water partition coefficient (Wildman–Crippen LogP) is 2.32. The number of carbonyl (C=O) groups excluding carboxylic acids is 1. The summed E-state index contributed by atoms with van der Waals surface area (Å²) >= 11 is 0. The Morgan fingerprint density at radius 1 is 1.19 bits per heavy atom. The number of pyridine rings is 1. The van der Waals surface area contributed by atoms with Gasteiger partial charge in [-0.1, -0.05) is 0 Å². The summed E-state index contributed by atoms with van der Waals surface area (Å²) in [5.74, 6) is -3.89. The lowest BCUT2D eigenvalue weighted by Crippen LogP contribution is -2.37. The number of aromatic nitrogens is 2. The van der Waals surface area contributed by atoms with Gasteiger partial charge in [-0.2, -0.15) is 0 Å². The Kier molecular flexibility index (Phi) is 4.15. The van der Waals surface area contributed by atoms with E-state index in [1.54, 1.807) is 25.4 Å². The van der Waals surface area contributed by atoms with Gasteiger partial charge in [0, 0.05) is 48.9 Å². The predicted molar refractivity (Wildman–Crippen MR) is 93.0 cm³/mol. The molecule has 5 nitrogen and oxygen atoms in total. The van der Waals surface area contributed by atoms with Gasteiger partial charge >= 0.3 is 0 Å². The van der Waals surface area contributed by atoms with Crippen molar-refractivity contribution in [3.05, 3.63) is 70.4 Å². The lowest BCUT2D eigenvalue weighted by molar-refractivity contribution is 0.0963. The summed E-state index contributed by atoms with van der Waals surface area (Å²) in [6.45, 7) is 0. The third kappa shape index (κ3) is 2.86. The molecule has 0 unspecified atom stereocenters. The van der Waals surface area contributed by atoms with Crippen molar-refractivity contribution in [3.8, 4) is 0 Å². The van der Waals surface area contributed by atoms with Crippen LogP contribution in [-0.2, 0) is 12.8 Å². The molecular formula is C19H17F3N4O. The fourth-order valence-corrected chi connectivity index (χ4v) is 3.70. The largest absolute Gasteiger partial charge is 0.355 e. The minimum atomic E-state index is -1.23. The number of hydrogen-bond donors (Lipinski definition) is 2. The molecule has 4 rings (SSSR count). The zero-order chi connectivity index (χ0) is 19.3. The Morgan fingerprint density at radius 2 is 1.93 bits per heavy atom. The summed E-state index contributed by atoms with van der Waals surface area (Å²) in [6, 6.07) is 4.29. The van der Waals surface area contributed by atoms with Gasteiger partial charge in [0.15, 0.2) is 11.6 Å². The van der Waals surface area contributed by atoms with Gasteiger partial charge in [0.2, 0.25) is 0 Å². The molecule has 3 N–H and O–H groups in total. The third-order valence-corrected chi connectivity index (χ3v) is 5.10. The van der Waals surface area contributed by atoms with Gasteiger partial charge < -0.3 is 15.5 Å². The summed E-state index contributed by atoms with van der Waals surface area (Å²) in [4.78, 5) is 16.4. The lowest BCUT2D eigenvalue weighted by Gasteiger charge is -2.29. The number of halogens is 3. The Labute approximate surface area is 153 Å². The van der Waals surface area contributed by atoms with Gasteiger partial charge in [0.1, 0.15) is 11.5 Å². The number of rotatable bonds is 2. The summed E-state index contributed by atoms with van der Waals surface area (Å²) < 4.78 is 42.9. The van der Waals surface area contributed by atoms with E-state index in [0.717, 1.165) is 11.8 Å². The third-order valence-electron chi connectivity index (χ3n) is 5.10. The van der Waals surface area contributed by atoms with Crippen LogP contribution in [0.5, 0.6) is 0 Å². The van der Waals surface area contributed by atoms with Crippen LogP contribution in [0.2, 0.25) is 0 Å². The first-order valence-corrected chi connectivity index (χ1v) is 8.51. The maximum atomic E-state index is 14.2. The number of nitrogens with one attached hydrogen (secondary N) is 1. The molecule has 1 aliphatic carbocycles. The highest BCUT2D eigenvalue weighted by molar-refractivity contribution is 5.94. The van der Waals surface area contributed by atoms with Crippen LogP contribution < -0.4 is 11.1 Å². The van der Waals surface area contributed by atoms with Gasteiger partial charge in [-0.05, 0) is 30.2 Å². The zero-order valence-corrected chi connectivity index (χ0v) is 14.5. The van der Waals surface area contributed by atoms with E-state index >= 15 is 0 Å². The number of nitrogens with zero attached hydrogens (tertiary/aromatic N) is 2. The van der Waals surface area contributed by atoms with E-state index in [2.05, 4.69) is 10.3 Å². The fourth-order valence-electron chi connectivity index (χ4n) is 3.70. The fraction of sp³-hybridized carbons (Fsp3) is 0.263. The number of fused-ring (bicyclic) bond motifs is 3. The molecule has 27 heavy (non-hydrogen) atoms. The molecule has 0 saturated heterocycles. The molecule has 3 aromatic rings. The number of benzene rings is 1. The van der Waals surface area contributed by atoms with Crippen molar-refractivity contribution in [1.29, 1.82) is 0 Å². The Hall–Kier alpha value is -2.87. The van der Waals surface area contributed by atoms with Crippen molar-refractivity contribution in [2.45, 2.75) is 24.8 Å². The van der Waals surface area contributed by atoms with E-state index in [0.29, 0.717) is 35.8 Å². The van der Waals surface area contributed by atoms with E-state index in [1.165, 1.54) is 0 Å². The highest BCUT2D eigenvalue weighted by atomic mass is 19.2. The highest BCUT2D eigenvalue weighted by Gasteiger charge is 2.33. The SMILES string of the molecule is CNC(=O)c1ccn2c3c(nc2c1)C[C@H](c1cc(F)c(F)cc1F)[C@@H](N)C3. The van der Waals surface area contributed by atoms with Crippen LogP contribution in [0.4, 0.5) is 13.2 Å². The average Bonchev–Trinajstić information content (AvgIpc) is 3.00. The van der Waals surface area contributed by atoms with E-state index in [1.807, 2.05) is 4.40 Å². The first kappa shape index (κ1) is 17.5. The maximum absolute atomic E-state index is 14.2. The second-order valence-electron chi connectivity index (χ2n) is 6.69. The molecule has 140 valence electrons. The van der Waals surface area contributed by atoms with Gasteiger partial charge in [0.25, 0.3) is 5.91 Å². The topological polar surface area (TPSA) is 72.4 Å². The smallest absolute Gasteiger partial charge is 0.251 e. The molecule has 0 saturated carbocycles. The first-order chi connectivity index (χ1) is 12.9. The number of hydrogen-bond acceptors (Lipinski definition) is 3. The normalized spacial score (nSPS) is 19.1. The second kappa shape index (κ2) is 6.38. The molecule has 0 fully saturated rings. The van der Waals surface area contributed by atoms with Crippen LogP contribution in [0.15, 0.2) is 30.5 Å². The molecule has 0 bridgehead atoms. The molecule has 2 atom stereocenters. The monoisotopic (exact) mass is 374 g/mol. The molecule has 2 aromatic heterocycles. The quantitative estimate of drug-likeness (QED) is 0.677. The van der Waals surface area contributed by atoms with Crippen LogP contribution in [0.1, 0.15) is 33.2 Å². The molecule has 2 heterocycles. The standard InChI is InChI=1S/C19H17F3N4O/c1-24-19(27)9-2-3-26-17-8-15(23)11(6-16(17)25-18(26)4-9)10-5-13(21)14(22)7-12(10)20/h2-5,7,11,15H,6,8,23H2,1H3,(H,24,27)/t11-,15+/m1/s1. The molecule has 1 aliphatic rings. The van der Waals surface area contributed by atoms with Crippen molar-refractivity contribution < 1.29 is 18.0 Å². The molecular weight excluding hydrogens is 357 g/mol. The molecule has 8 heteroatoms. The van der Waals surface area contributed by atoms with Crippen LogP contribution in [-0.4, -0.2) is 28.4 Å². The molecule has 0 aliphatic heterocycles. The summed E-state index contributed by atoms with van der Waals surface area (Å²) in [6.07, 6.45) is 2.45. The van der Waals surface area contributed by atoms with Crippen molar-refractivity contribution in [2.24, 2.45) is 5.73 Å². The molecule has 0 radical (unpaired) electrons. The minimum Gasteiger partial charge on any atom is -0.355 e. The van der Waals surface area contributed by atoms with Gasteiger partial charge in [-0.3, -0.25) is 4.79 Å². The number of carbonyl (C=O) groups is 1. The average molecular weight is 374 g/mol. The van der Waals surface area contributed by atoms with Crippen LogP contribution >= 0.6 is 0 Å². The zero-order valence-electron chi connectivity index (χ0n) is 14.5. The summed E-state index contributed by atoms with van der Waals surface area (Å²) in [7, 11) is 1.54. The van der Waals surface area contributed by atoms with E-state index in [4.69, 9.17) is 5.73 Å². The van der Waals surface area contributed by atoms with E-state index < -0.39 is 29.4 Å². The summed E-state index contributed by atoms with van der Waals surface area (Å²) in [5.41, 5.74) is 8.93. The first-order valence-electron chi connectivity index (χ1n) is 8.51. The Morgan fingerprint density at radius 3 is 2.67 bits per heavy atom. The number of amides is 1. The minimum absolute atomic E-state index is 0.0511. The molecule has 0 spiro atoms. The van der Waals surface area contributed by atoms with Crippen LogP contribution in [0.3, 0.4) is 0 Å². The second-order valence-corrected chi connectivity index (χ2v) is 6.69. The maximum Gasteiger partial charge on any atom is 0.251 e. The Bertz CT molecular complexity index is 1060. The number of nitrogens with two attached hydrogens (primary N) is 1. The van der Waals surface area contributed by atoms with Crippen molar-refractivity contribution in [1.82, 2.24) is 14.7 Å². The summed E-state index contributed by atoms with van der Waals surface area (Å²) in [5, 5.41) is 2.56. The van der Waals surface area contributed by atoms with Gasteiger partial charge in [-0.25, -0.2) is 18.2 Å². The molecule has 1 amide bonds. The van der Waals surface area contributed by atoms with Crippen LogP contribution in [0, 0.1) is 17.5 Å². The lowest BCUT2D eigenvalue weighted by atomic mass is 9.80. The van der Waals surface area contributed by atoms with E-state index in [-0.39, 0.29) is 11.5 Å². The van der Waals surface area contributed by atoms with Crippen molar-refractivity contribution in [2.75, 3.05) is 7.05 Å². The van der Waals surface area contributed by atoms with Crippen LogP contribution in [0.25, 0.3) is 5.65 Å².